The van der Waals surface area contributed by atoms with Crippen molar-refractivity contribution in [1.82, 2.24) is 0 Å². The molecule has 0 amide bonds. The zero-order valence-corrected chi connectivity index (χ0v) is 15.1. The smallest absolute Gasteiger partial charge is 0.151 e. The molecule has 0 aliphatic carbocycles. The van der Waals surface area contributed by atoms with Crippen LogP contribution < -0.4 is 0 Å². The molecule has 168 valence electrons. The van der Waals surface area contributed by atoms with E-state index in [0.29, 0.717) is 0 Å². The van der Waals surface area contributed by atoms with Gasteiger partial charge in [0.15, 0.2) is 6.29 Å². The molecule has 0 unspecified atom stereocenters. The van der Waals surface area contributed by atoms with E-state index in [4.69, 9.17) is 61.3 Å². The molecule has 0 spiro atoms. The van der Waals surface area contributed by atoms with Gasteiger partial charge in [-0.2, -0.15) is 0 Å². The van der Waals surface area contributed by atoms with Gasteiger partial charge in [0, 0.05) is 6.61 Å². The molecule has 0 aromatic carbocycles. The van der Waals surface area contributed by atoms with Crippen molar-refractivity contribution in [2.75, 3.05) is 39.6 Å². The van der Waals surface area contributed by atoms with Gasteiger partial charge < -0.3 is 66.1 Å². The molecule has 0 aromatic rings. The van der Waals surface area contributed by atoms with Gasteiger partial charge in [-0.15, -0.1) is 0 Å². The molecule has 13 nitrogen and oxygen atoms in total. The number of rotatable bonds is 9. The van der Waals surface area contributed by atoms with Crippen LogP contribution in [0.1, 0.15) is 6.92 Å². The second kappa shape index (κ2) is 25.2. The summed E-state index contributed by atoms with van der Waals surface area (Å²) in [6, 6.07) is 0. The Labute approximate surface area is 156 Å². The highest BCUT2D eigenvalue weighted by Crippen LogP contribution is 2.02. The molecule has 0 aliphatic rings. The van der Waals surface area contributed by atoms with Crippen molar-refractivity contribution in [3.05, 3.63) is 0 Å². The third-order valence-electron chi connectivity index (χ3n) is 2.26. The average Bonchev–Trinajstić information content (AvgIpc) is 2.71. The number of carbonyl (C=O) groups excluding carboxylic acids is 1. The van der Waals surface area contributed by atoms with Gasteiger partial charge in [0.2, 0.25) is 0 Å². The van der Waals surface area contributed by atoms with Crippen LogP contribution in [0.15, 0.2) is 0 Å². The van der Waals surface area contributed by atoms with Gasteiger partial charge in [0.1, 0.15) is 36.6 Å². The molecule has 4 atom stereocenters. The highest BCUT2D eigenvalue weighted by Gasteiger charge is 2.29. The molecule has 0 heterocycles. The maximum Gasteiger partial charge on any atom is 0.151 e. The molecule has 27 heavy (non-hydrogen) atoms. The van der Waals surface area contributed by atoms with E-state index in [0.717, 1.165) is 0 Å². The lowest BCUT2D eigenvalue weighted by atomic mass is 10.0. The lowest BCUT2D eigenvalue weighted by molar-refractivity contribution is -0.136. The summed E-state index contributed by atoms with van der Waals surface area (Å²) in [5, 5.41) is 99.1. The van der Waals surface area contributed by atoms with Gasteiger partial charge in [0.25, 0.3) is 0 Å². The first-order valence-electron chi connectivity index (χ1n) is 7.76. The van der Waals surface area contributed by atoms with Crippen molar-refractivity contribution in [3.63, 3.8) is 0 Å². The molecule has 0 saturated heterocycles. The van der Waals surface area contributed by atoms with Crippen LogP contribution in [0.4, 0.5) is 0 Å². The van der Waals surface area contributed by atoms with Crippen LogP contribution in [0.25, 0.3) is 0 Å². The third-order valence-corrected chi connectivity index (χ3v) is 2.26. The van der Waals surface area contributed by atoms with E-state index < -0.39 is 43.2 Å². The van der Waals surface area contributed by atoms with Gasteiger partial charge in [-0.05, 0) is 6.92 Å². The summed E-state index contributed by atoms with van der Waals surface area (Å²) in [4.78, 5) is 9.90. The lowest BCUT2D eigenvalue weighted by Gasteiger charge is -2.22. The Balaban J connectivity index is -0.000000149. The van der Waals surface area contributed by atoms with E-state index in [1.165, 1.54) is 0 Å². The quantitative estimate of drug-likeness (QED) is 0.158. The van der Waals surface area contributed by atoms with Crippen molar-refractivity contribution < 1.29 is 66.1 Å². The number of aldehydes is 1. The number of aliphatic hydroxyl groups excluding tert-OH is 12. The van der Waals surface area contributed by atoms with Crippen molar-refractivity contribution in [1.29, 1.82) is 0 Å². The maximum atomic E-state index is 9.90. The van der Waals surface area contributed by atoms with Gasteiger partial charge in [-0.25, -0.2) is 0 Å². The average molecular weight is 410 g/mol. The summed E-state index contributed by atoms with van der Waals surface area (Å²) < 4.78 is 0. The fourth-order valence-electron chi connectivity index (χ4n) is 0.734. The molecule has 0 fully saturated rings. The summed E-state index contributed by atoms with van der Waals surface area (Å²) in [6.45, 7) is -0.288. The monoisotopic (exact) mass is 410 g/mol. The number of hydrogen-bond acceptors (Lipinski definition) is 13. The zero-order valence-electron chi connectivity index (χ0n) is 15.1. The molecular weight excluding hydrogens is 376 g/mol. The summed E-state index contributed by atoms with van der Waals surface area (Å²) in [5.74, 6) is 0. The first kappa shape index (κ1) is 33.8. The fourth-order valence-corrected chi connectivity index (χ4v) is 0.734. The van der Waals surface area contributed by atoms with Crippen molar-refractivity contribution >= 4 is 6.29 Å². The second-order valence-corrected chi connectivity index (χ2v) is 4.71. The minimum absolute atomic E-state index is 0.0258. The SMILES string of the molecule is CCO.O=C[C@H](O)[C@@H](O)[C@@H](O)[C@H](O)CO.OCC(O)CO.OCC(O)CO. The van der Waals surface area contributed by atoms with Crippen LogP contribution in [0, 0.1) is 0 Å². The summed E-state index contributed by atoms with van der Waals surface area (Å²) in [7, 11) is 0. The normalized spacial score (nSPS) is 14.5. The van der Waals surface area contributed by atoms with E-state index >= 15 is 0 Å². The van der Waals surface area contributed by atoms with Gasteiger partial charge in [-0.3, -0.25) is 0 Å². The lowest BCUT2D eigenvalue weighted by Crippen LogP contribution is -2.46. The molecule has 13 heteroatoms. The van der Waals surface area contributed by atoms with Crippen LogP contribution in [0.2, 0.25) is 0 Å². The summed E-state index contributed by atoms with van der Waals surface area (Å²) in [5.41, 5.74) is 0. The highest BCUT2D eigenvalue weighted by atomic mass is 16.4. The van der Waals surface area contributed by atoms with Crippen LogP contribution in [0.5, 0.6) is 0 Å². The minimum atomic E-state index is -1.79. The number of carbonyl (C=O) groups is 1. The predicted molar refractivity (Wildman–Crippen MR) is 90.3 cm³/mol. The minimum Gasteiger partial charge on any atom is -0.397 e. The molecule has 0 rings (SSSR count). The van der Waals surface area contributed by atoms with Gasteiger partial charge >= 0.3 is 0 Å². The standard InChI is InChI=1S/C6H12O6.2C3H8O3.C2H6O/c7-1-3(9)5(11)6(12)4(10)2-8;2*4-1-3(6)2-5;1-2-3/h1,3-6,8-12H,2H2;2*3-6H,1-2H2;3H,2H2,1H3/t3-,4+,5+,6-;;;/m0.../s1. The van der Waals surface area contributed by atoms with Crippen molar-refractivity contribution in [2.45, 2.75) is 43.5 Å². The van der Waals surface area contributed by atoms with Crippen molar-refractivity contribution in [2.24, 2.45) is 0 Å². The molecule has 0 aromatic heterocycles. The second-order valence-electron chi connectivity index (χ2n) is 4.71. The number of aliphatic hydroxyl groups is 12. The Morgan fingerprint density at radius 2 is 0.926 bits per heavy atom. The topological polar surface area (TPSA) is 260 Å². The van der Waals surface area contributed by atoms with E-state index in [-0.39, 0.29) is 39.3 Å². The van der Waals surface area contributed by atoms with Crippen LogP contribution in [0.3, 0.4) is 0 Å². The van der Waals surface area contributed by atoms with Crippen LogP contribution >= 0.6 is 0 Å². The molecule has 0 saturated carbocycles. The van der Waals surface area contributed by atoms with E-state index in [1.807, 2.05) is 0 Å². The Morgan fingerprint density at radius 1 is 0.630 bits per heavy atom. The predicted octanol–water partition coefficient (Wildman–Crippen LogP) is -6.72. The van der Waals surface area contributed by atoms with E-state index in [9.17, 15) is 4.79 Å². The fraction of sp³-hybridized carbons (Fsp3) is 0.929. The highest BCUT2D eigenvalue weighted by molar-refractivity contribution is 5.56. The Morgan fingerprint density at radius 3 is 1.07 bits per heavy atom. The first-order valence-corrected chi connectivity index (χ1v) is 7.76. The van der Waals surface area contributed by atoms with Crippen LogP contribution in [-0.2, 0) is 4.79 Å². The molecular formula is C14H34O13. The maximum absolute atomic E-state index is 9.90. The van der Waals surface area contributed by atoms with E-state index in [2.05, 4.69) is 0 Å². The van der Waals surface area contributed by atoms with Crippen LogP contribution in [-0.4, -0.2) is 144 Å². The molecule has 0 radical (unpaired) electrons. The zero-order chi connectivity index (χ0) is 22.4. The Hall–Kier alpha value is -0.810. The van der Waals surface area contributed by atoms with Gasteiger partial charge in [0.05, 0.1) is 33.0 Å². The molecule has 0 bridgehead atoms. The Bertz CT molecular complexity index is 264. The summed E-state index contributed by atoms with van der Waals surface area (Å²) >= 11 is 0. The first-order chi connectivity index (χ1) is 12.6. The largest absolute Gasteiger partial charge is 0.397 e. The van der Waals surface area contributed by atoms with E-state index in [1.54, 1.807) is 6.92 Å². The Kier molecular flexibility index (Phi) is 31.5. The molecule has 0 aliphatic heterocycles. The molecule has 12 N–H and O–H groups in total. The van der Waals surface area contributed by atoms with Gasteiger partial charge in [-0.1, -0.05) is 0 Å². The third kappa shape index (κ3) is 25.2. The summed E-state index contributed by atoms with van der Waals surface area (Å²) in [6.07, 6.45) is -8.75. The number of hydrogen-bond donors (Lipinski definition) is 12. The van der Waals surface area contributed by atoms with Crippen molar-refractivity contribution in [3.8, 4) is 0 Å².